The van der Waals surface area contributed by atoms with Crippen molar-refractivity contribution in [3.63, 3.8) is 0 Å². The van der Waals surface area contributed by atoms with Crippen molar-refractivity contribution in [2.75, 3.05) is 6.54 Å². The fourth-order valence-corrected chi connectivity index (χ4v) is 2.66. The Morgan fingerprint density at radius 2 is 1.86 bits per heavy atom. The smallest absolute Gasteiger partial charge is 0.251 e. The zero-order valence-electron chi connectivity index (χ0n) is 13.5. The summed E-state index contributed by atoms with van der Waals surface area (Å²) in [6.45, 7) is 10.0. The lowest BCUT2D eigenvalue weighted by molar-refractivity contribution is -0.128. The van der Waals surface area contributed by atoms with Crippen molar-refractivity contribution >= 4 is 5.91 Å². The van der Waals surface area contributed by atoms with Gasteiger partial charge in [0, 0.05) is 12.1 Å². The molecule has 0 radical (unpaired) electrons. The number of rotatable bonds is 6. The molecule has 1 aliphatic heterocycles. The van der Waals surface area contributed by atoms with Crippen molar-refractivity contribution in [2.45, 2.75) is 46.8 Å². The van der Waals surface area contributed by atoms with E-state index in [1.807, 2.05) is 30.0 Å². The van der Waals surface area contributed by atoms with E-state index in [9.17, 15) is 4.79 Å². The Morgan fingerprint density at radius 3 is 2.48 bits per heavy atom. The first-order chi connectivity index (χ1) is 10.0. The van der Waals surface area contributed by atoms with Gasteiger partial charge in [-0.1, -0.05) is 44.2 Å². The van der Waals surface area contributed by atoms with Gasteiger partial charge in [-0.2, -0.15) is 0 Å². The molecule has 114 valence electrons. The number of amides is 1. The van der Waals surface area contributed by atoms with Gasteiger partial charge in [0.25, 0.3) is 5.91 Å². The molecule has 0 fully saturated rings. The summed E-state index contributed by atoms with van der Waals surface area (Å²) >= 11 is 0. The zero-order valence-corrected chi connectivity index (χ0v) is 13.5. The summed E-state index contributed by atoms with van der Waals surface area (Å²) < 4.78 is 0. The van der Waals surface area contributed by atoms with Gasteiger partial charge in [-0.25, -0.2) is 0 Å². The number of nitrogens with zero attached hydrogens (tertiary/aromatic N) is 1. The maximum Gasteiger partial charge on any atom is 0.251 e. The highest BCUT2D eigenvalue weighted by Crippen LogP contribution is 2.25. The summed E-state index contributed by atoms with van der Waals surface area (Å²) in [5.74, 6) is 0.820. The van der Waals surface area contributed by atoms with Gasteiger partial charge in [-0.3, -0.25) is 10.1 Å². The van der Waals surface area contributed by atoms with E-state index in [0.717, 1.165) is 24.1 Å². The molecule has 0 unspecified atom stereocenters. The minimum absolute atomic E-state index is 0.0384. The summed E-state index contributed by atoms with van der Waals surface area (Å²) in [4.78, 5) is 14.4. The maximum absolute atomic E-state index is 12.5. The molecule has 0 aliphatic carbocycles. The number of carbonyl (C=O) groups is 1. The molecule has 0 saturated heterocycles. The Morgan fingerprint density at radius 1 is 1.19 bits per heavy atom. The lowest BCUT2D eigenvalue weighted by Gasteiger charge is -2.28. The predicted molar refractivity (Wildman–Crippen MR) is 86.6 cm³/mol. The highest BCUT2D eigenvalue weighted by atomic mass is 16.2. The standard InChI is InChI=1S/C18H26N2O/c1-13(2)10-11-19-17-14(3)15(4)18(21)20(17)12-16-8-6-5-7-9-16/h5-9,13,17,19H,10-12H2,1-4H3/t17-/m1/s1. The van der Waals surface area contributed by atoms with E-state index in [0.29, 0.717) is 12.5 Å². The van der Waals surface area contributed by atoms with Crippen LogP contribution in [0.3, 0.4) is 0 Å². The van der Waals surface area contributed by atoms with Crippen LogP contribution in [0.1, 0.15) is 39.7 Å². The van der Waals surface area contributed by atoms with Crippen LogP contribution in [0.5, 0.6) is 0 Å². The Labute approximate surface area is 128 Å². The van der Waals surface area contributed by atoms with Gasteiger partial charge >= 0.3 is 0 Å². The number of hydrogen-bond acceptors (Lipinski definition) is 2. The molecule has 3 heteroatoms. The average Bonchev–Trinajstić information content (AvgIpc) is 2.66. The molecule has 1 atom stereocenters. The highest BCUT2D eigenvalue weighted by Gasteiger charge is 2.34. The molecule has 1 aromatic carbocycles. The first-order valence-corrected chi connectivity index (χ1v) is 7.76. The molecule has 1 N–H and O–H groups in total. The molecule has 0 aromatic heterocycles. The molecule has 0 saturated carbocycles. The van der Waals surface area contributed by atoms with Crippen LogP contribution in [0.2, 0.25) is 0 Å². The molecule has 2 rings (SSSR count). The summed E-state index contributed by atoms with van der Waals surface area (Å²) in [6, 6.07) is 10.2. The molecule has 0 bridgehead atoms. The summed E-state index contributed by atoms with van der Waals surface area (Å²) in [5, 5.41) is 3.54. The van der Waals surface area contributed by atoms with Crippen LogP contribution in [-0.2, 0) is 11.3 Å². The molecule has 21 heavy (non-hydrogen) atoms. The second-order valence-electron chi connectivity index (χ2n) is 6.27. The van der Waals surface area contributed by atoms with Crippen LogP contribution in [0.4, 0.5) is 0 Å². The van der Waals surface area contributed by atoms with Crippen molar-refractivity contribution in [2.24, 2.45) is 5.92 Å². The second kappa shape index (κ2) is 6.90. The second-order valence-corrected chi connectivity index (χ2v) is 6.27. The van der Waals surface area contributed by atoms with E-state index >= 15 is 0 Å². The lowest BCUT2D eigenvalue weighted by atomic mass is 10.1. The lowest BCUT2D eigenvalue weighted by Crippen LogP contribution is -2.45. The van der Waals surface area contributed by atoms with Crippen molar-refractivity contribution in [3.05, 3.63) is 47.0 Å². The summed E-state index contributed by atoms with van der Waals surface area (Å²) in [7, 11) is 0. The first kappa shape index (κ1) is 15.8. The number of hydrogen-bond donors (Lipinski definition) is 1. The van der Waals surface area contributed by atoms with E-state index < -0.39 is 0 Å². The third kappa shape index (κ3) is 3.73. The van der Waals surface area contributed by atoms with Crippen LogP contribution < -0.4 is 5.32 Å². The molecule has 0 spiro atoms. The molecule has 1 heterocycles. The fraction of sp³-hybridized carbons (Fsp3) is 0.500. The normalized spacial score (nSPS) is 19.0. The SMILES string of the molecule is CC1=C(C)[C@H](NCCC(C)C)N(Cc2ccccc2)C1=O. The molecule has 1 amide bonds. The average molecular weight is 286 g/mol. The quantitative estimate of drug-likeness (QED) is 0.870. The van der Waals surface area contributed by atoms with Gasteiger partial charge in [0.15, 0.2) is 0 Å². The number of nitrogens with one attached hydrogen (secondary N) is 1. The van der Waals surface area contributed by atoms with Gasteiger partial charge < -0.3 is 4.90 Å². The Bertz CT molecular complexity index is 519. The Hall–Kier alpha value is -1.61. The van der Waals surface area contributed by atoms with Gasteiger partial charge in [0.1, 0.15) is 6.17 Å². The van der Waals surface area contributed by atoms with Crippen LogP contribution in [0.25, 0.3) is 0 Å². The Kier molecular flexibility index (Phi) is 5.18. The van der Waals surface area contributed by atoms with Gasteiger partial charge in [0.2, 0.25) is 0 Å². The number of benzene rings is 1. The van der Waals surface area contributed by atoms with E-state index in [4.69, 9.17) is 0 Å². The Balaban J connectivity index is 2.08. The molecular formula is C18H26N2O. The van der Waals surface area contributed by atoms with Crippen LogP contribution in [-0.4, -0.2) is 23.5 Å². The van der Waals surface area contributed by atoms with Crippen LogP contribution >= 0.6 is 0 Å². The largest absolute Gasteiger partial charge is 0.315 e. The van der Waals surface area contributed by atoms with E-state index in [-0.39, 0.29) is 12.1 Å². The molecule has 1 aliphatic rings. The van der Waals surface area contributed by atoms with Crippen molar-refractivity contribution < 1.29 is 4.79 Å². The minimum Gasteiger partial charge on any atom is -0.315 e. The summed E-state index contributed by atoms with van der Waals surface area (Å²) in [6.07, 6.45) is 1.16. The first-order valence-electron chi connectivity index (χ1n) is 7.76. The monoisotopic (exact) mass is 286 g/mol. The van der Waals surface area contributed by atoms with Crippen LogP contribution in [0.15, 0.2) is 41.5 Å². The predicted octanol–water partition coefficient (Wildman–Crippen LogP) is 3.33. The fourth-order valence-electron chi connectivity index (χ4n) is 2.66. The molecular weight excluding hydrogens is 260 g/mol. The van der Waals surface area contributed by atoms with Crippen molar-refractivity contribution in [1.82, 2.24) is 10.2 Å². The van der Waals surface area contributed by atoms with Crippen molar-refractivity contribution in [1.29, 1.82) is 0 Å². The highest BCUT2D eigenvalue weighted by molar-refractivity contribution is 5.96. The topological polar surface area (TPSA) is 32.3 Å². The van der Waals surface area contributed by atoms with Crippen LogP contribution in [0, 0.1) is 5.92 Å². The third-order valence-corrected chi connectivity index (χ3v) is 4.15. The van der Waals surface area contributed by atoms with E-state index in [1.54, 1.807) is 0 Å². The maximum atomic E-state index is 12.5. The van der Waals surface area contributed by atoms with Gasteiger partial charge in [-0.15, -0.1) is 0 Å². The minimum atomic E-state index is 0.0384. The zero-order chi connectivity index (χ0) is 15.4. The van der Waals surface area contributed by atoms with Gasteiger partial charge in [0.05, 0.1) is 0 Å². The third-order valence-electron chi connectivity index (χ3n) is 4.15. The molecule has 1 aromatic rings. The van der Waals surface area contributed by atoms with Crippen molar-refractivity contribution in [3.8, 4) is 0 Å². The van der Waals surface area contributed by atoms with E-state index in [2.05, 4.69) is 38.2 Å². The van der Waals surface area contributed by atoms with Gasteiger partial charge in [-0.05, 0) is 43.9 Å². The summed E-state index contributed by atoms with van der Waals surface area (Å²) in [5.41, 5.74) is 3.21. The van der Waals surface area contributed by atoms with E-state index in [1.165, 1.54) is 5.56 Å². The molecule has 3 nitrogen and oxygen atoms in total. The number of carbonyl (C=O) groups excluding carboxylic acids is 1.